The molecular weight excluding hydrogens is 348 g/mol. The molecule has 0 radical (unpaired) electrons. The van der Waals surface area contributed by atoms with Crippen molar-refractivity contribution in [2.24, 2.45) is 0 Å². The van der Waals surface area contributed by atoms with E-state index in [9.17, 15) is 4.79 Å². The molecule has 0 bridgehead atoms. The normalized spacial score (nSPS) is 15.8. The zero-order valence-electron chi connectivity index (χ0n) is 14.2. The molecule has 3 aromatic rings. The summed E-state index contributed by atoms with van der Waals surface area (Å²) in [6.45, 7) is 3.83. The fraction of sp³-hybridized carbons (Fsp3) is 0.150. The Morgan fingerprint density at radius 2 is 2.04 bits per heavy atom. The van der Waals surface area contributed by atoms with Crippen molar-refractivity contribution in [3.63, 3.8) is 0 Å². The largest absolute Gasteiger partial charge is 0.370 e. The number of nitrogens with zero attached hydrogens (tertiary/aromatic N) is 2. The Labute approximate surface area is 155 Å². The number of aromatic nitrogens is 3. The van der Waals surface area contributed by atoms with E-state index in [-0.39, 0.29) is 11.5 Å². The Hall–Kier alpha value is -3.10. The van der Waals surface area contributed by atoms with Crippen LogP contribution in [0.15, 0.2) is 47.0 Å². The van der Waals surface area contributed by atoms with Crippen LogP contribution in [0.5, 0.6) is 0 Å². The van der Waals surface area contributed by atoms with Crippen molar-refractivity contribution >= 4 is 22.6 Å². The van der Waals surface area contributed by atoms with Crippen LogP contribution in [0.25, 0.3) is 22.2 Å². The Morgan fingerprint density at radius 3 is 2.81 bits per heavy atom. The number of aryl methyl sites for hydroxylation is 1. The van der Waals surface area contributed by atoms with Gasteiger partial charge >= 0.3 is 0 Å². The van der Waals surface area contributed by atoms with Gasteiger partial charge in [0.1, 0.15) is 16.8 Å². The Kier molecular flexibility index (Phi) is 3.98. The SMILES string of the molecule is CC1=CC#CC(c2nc3[nH]ccc(=O)c3cc2-c2cc(C)nc(Cl)c2)N1. The molecule has 6 heteroatoms. The smallest absolute Gasteiger partial charge is 0.191 e. The lowest BCUT2D eigenvalue weighted by atomic mass is 9.98. The maximum Gasteiger partial charge on any atom is 0.191 e. The summed E-state index contributed by atoms with van der Waals surface area (Å²) in [6, 6.07) is 6.75. The quantitative estimate of drug-likeness (QED) is 0.540. The third-order valence-electron chi connectivity index (χ3n) is 4.17. The van der Waals surface area contributed by atoms with Crippen LogP contribution in [-0.2, 0) is 0 Å². The van der Waals surface area contributed by atoms with E-state index in [0.717, 1.165) is 28.2 Å². The van der Waals surface area contributed by atoms with E-state index < -0.39 is 0 Å². The molecule has 2 N–H and O–H groups in total. The Bertz CT molecular complexity index is 1160. The van der Waals surface area contributed by atoms with Gasteiger partial charge in [0, 0.05) is 35.3 Å². The van der Waals surface area contributed by atoms with Gasteiger partial charge in [0.25, 0.3) is 0 Å². The summed E-state index contributed by atoms with van der Waals surface area (Å²) in [4.78, 5) is 24.3. The van der Waals surface area contributed by atoms with E-state index >= 15 is 0 Å². The van der Waals surface area contributed by atoms with Crippen LogP contribution in [0.2, 0.25) is 5.15 Å². The zero-order chi connectivity index (χ0) is 18.3. The number of halogens is 1. The third-order valence-corrected chi connectivity index (χ3v) is 4.36. The molecule has 0 saturated carbocycles. The molecule has 0 amide bonds. The second-order valence-corrected chi connectivity index (χ2v) is 6.56. The number of nitrogens with one attached hydrogen (secondary N) is 2. The second-order valence-electron chi connectivity index (χ2n) is 6.17. The number of pyridine rings is 3. The molecule has 26 heavy (non-hydrogen) atoms. The molecule has 4 rings (SSSR count). The van der Waals surface area contributed by atoms with Crippen LogP contribution in [0.1, 0.15) is 24.4 Å². The van der Waals surface area contributed by atoms with Crippen LogP contribution < -0.4 is 10.7 Å². The van der Waals surface area contributed by atoms with Gasteiger partial charge < -0.3 is 10.3 Å². The lowest BCUT2D eigenvalue weighted by molar-refractivity contribution is 0.711. The van der Waals surface area contributed by atoms with Crippen molar-refractivity contribution in [2.75, 3.05) is 0 Å². The number of hydrogen-bond acceptors (Lipinski definition) is 4. The summed E-state index contributed by atoms with van der Waals surface area (Å²) in [7, 11) is 0. The van der Waals surface area contributed by atoms with Crippen LogP contribution in [0.3, 0.4) is 0 Å². The minimum absolute atomic E-state index is 0.0883. The van der Waals surface area contributed by atoms with Crippen LogP contribution >= 0.6 is 11.6 Å². The van der Waals surface area contributed by atoms with Gasteiger partial charge in [0.05, 0.1) is 11.1 Å². The topological polar surface area (TPSA) is 70.7 Å². The van der Waals surface area contributed by atoms with E-state index in [2.05, 4.69) is 27.1 Å². The monoisotopic (exact) mass is 362 g/mol. The summed E-state index contributed by atoms with van der Waals surface area (Å²) in [6.07, 6.45) is 3.42. The first-order valence-electron chi connectivity index (χ1n) is 8.12. The van der Waals surface area contributed by atoms with Gasteiger partial charge in [-0.25, -0.2) is 9.97 Å². The highest BCUT2D eigenvalue weighted by Crippen LogP contribution is 2.31. The van der Waals surface area contributed by atoms with Gasteiger partial charge in [-0.1, -0.05) is 23.4 Å². The van der Waals surface area contributed by atoms with Gasteiger partial charge in [0.15, 0.2) is 5.43 Å². The molecule has 0 aliphatic carbocycles. The number of aromatic amines is 1. The molecular formula is C20H15ClN4O. The summed E-state index contributed by atoms with van der Waals surface area (Å²) in [5, 5.41) is 4.25. The fourth-order valence-corrected chi connectivity index (χ4v) is 3.27. The van der Waals surface area contributed by atoms with Gasteiger partial charge in [-0.15, -0.1) is 0 Å². The molecule has 1 atom stereocenters. The number of hydrogen-bond donors (Lipinski definition) is 2. The van der Waals surface area contributed by atoms with E-state index in [4.69, 9.17) is 16.6 Å². The van der Waals surface area contributed by atoms with E-state index in [0.29, 0.717) is 16.2 Å². The summed E-state index contributed by atoms with van der Waals surface area (Å²) in [5.41, 5.74) is 4.60. The molecule has 1 unspecified atom stereocenters. The minimum Gasteiger partial charge on any atom is -0.370 e. The molecule has 0 spiro atoms. The maximum atomic E-state index is 12.3. The molecule has 5 nitrogen and oxygen atoms in total. The molecule has 128 valence electrons. The van der Waals surface area contributed by atoms with E-state index in [1.165, 1.54) is 6.07 Å². The lowest BCUT2D eigenvalue weighted by Gasteiger charge is -2.20. The first-order valence-corrected chi connectivity index (χ1v) is 8.50. The molecule has 0 saturated heterocycles. The summed E-state index contributed by atoms with van der Waals surface area (Å²) in [5.74, 6) is 6.16. The van der Waals surface area contributed by atoms with Gasteiger partial charge in [-0.05, 0) is 37.6 Å². The summed E-state index contributed by atoms with van der Waals surface area (Å²) < 4.78 is 0. The standard InChI is InChI=1S/C20H15ClN4O/c1-11-4-3-5-16(23-11)19-14(13-8-12(2)24-18(21)9-13)10-15-17(26)6-7-22-20(15)25-19/h4,6-10,16,23H,1-2H3,(H,22,25,26). The molecule has 4 heterocycles. The molecule has 3 aromatic heterocycles. The van der Waals surface area contributed by atoms with E-state index in [1.807, 2.05) is 32.1 Å². The molecule has 1 aliphatic heterocycles. The molecule has 0 fully saturated rings. The first-order chi connectivity index (χ1) is 12.5. The number of fused-ring (bicyclic) bond motifs is 1. The number of H-pyrrole nitrogens is 1. The second kappa shape index (κ2) is 6.32. The van der Waals surface area contributed by atoms with Gasteiger partial charge in [0.2, 0.25) is 0 Å². The van der Waals surface area contributed by atoms with Crippen molar-refractivity contribution in [1.29, 1.82) is 0 Å². The number of rotatable bonds is 2. The van der Waals surface area contributed by atoms with Crippen molar-refractivity contribution in [2.45, 2.75) is 19.9 Å². The Morgan fingerprint density at radius 1 is 1.19 bits per heavy atom. The minimum atomic E-state index is -0.282. The Balaban J connectivity index is 2.02. The van der Waals surface area contributed by atoms with Crippen molar-refractivity contribution < 1.29 is 0 Å². The highest BCUT2D eigenvalue weighted by atomic mass is 35.5. The zero-order valence-corrected chi connectivity index (χ0v) is 15.0. The number of allylic oxidation sites excluding steroid dienone is 2. The van der Waals surface area contributed by atoms with Crippen LogP contribution in [0.4, 0.5) is 0 Å². The summed E-state index contributed by atoms with van der Waals surface area (Å²) >= 11 is 6.16. The average molecular weight is 363 g/mol. The maximum absolute atomic E-state index is 12.3. The fourth-order valence-electron chi connectivity index (χ4n) is 3.02. The van der Waals surface area contributed by atoms with Crippen LogP contribution in [0, 0.1) is 18.8 Å². The highest BCUT2D eigenvalue weighted by molar-refractivity contribution is 6.29. The van der Waals surface area contributed by atoms with Gasteiger partial charge in [-0.2, -0.15) is 0 Å². The lowest BCUT2D eigenvalue weighted by Crippen LogP contribution is -2.22. The van der Waals surface area contributed by atoms with Crippen molar-refractivity contribution in [3.8, 4) is 23.0 Å². The van der Waals surface area contributed by atoms with Crippen molar-refractivity contribution in [3.05, 3.63) is 69.0 Å². The van der Waals surface area contributed by atoms with E-state index in [1.54, 1.807) is 12.3 Å². The van der Waals surface area contributed by atoms with Crippen molar-refractivity contribution in [1.82, 2.24) is 20.3 Å². The molecule has 0 aromatic carbocycles. The van der Waals surface area contributed by atoms with Crippen LogP contribution in [-0.4, -0.2) is 15.0 Å². The third kappa shape index (κ3) is 2.96. The predicted octanol–water partition coefficient (Wildman–Crippen LogP) is 3.50. The molecule has 1 aliphatic rings. The average Bonchev–Trinajstić information content (AvgIpc) is 2.60. The highest BCUT2D eigenvalue weighted by Gasteiger charge is 2.20. The van der Waals surface area contributed by atoms with Gasteiger partial charge in [-0.3, -0.25) is 4.79 Å². The predicted molar refractivity (Wildman–Crippen MR) is 103 cm³/mol. The first kappa shape index (κ1) is 16.4.